The van der Waals surface area contributed by atoms with Crippen molar-refractivity contribution >= 4 is 22.1 Å². The molecule has 0 amide bonds. The second kappa shape index (κ2) is 7.19. The first-order valence-corrected chi connectivity index (χ1v) is 10.4. The summed E-state index contributed by atoms with van der Waals surface area (Å²) < 4.78 is 3.45. The molecular formula is C23H27N5O. The number of piperidine rings is 1. The zero-order valence-corrected chi connectivity index (χ0v) is 17.1. The van der Waals surface area contributed by atoms with Gasteiger partial charge in [-0.25, -0.2) is 9.78 Å². The maximum absolute atomic E-state index is 12.2. The summed E-state index contributed by atoms with van der Waals surface area (Å²) in [6.07, 6.45) is 3.47. The lowest BCUT2D eigenvalue weighted by Gasteiger charge is -2.32. The summed E-state index contributed by atoms with van der Waals surface area (Å²) in [5.74, 6) is 1.72. The van der Waals surface area contributed by atoms with Gasteiger partial charge in [0.2, 0.25) is 0 Å². The van der Waals surface area contributed by atoms with Gasteiger partial charge in [0.1, 0.15) is 5.82 Å². The molecular weight excluding hydrogens is 362 g/mol. The molecule has 2 aromatic carbocycles. The highest BCUT2D eigenvalue weighted by Crippen LogP contribution is 2.23. The van der Waals surface area contributed by atoms with Crippen LogP contribution in [-0.2, 0) is 27.1 Å². The Bertz CT molecular complexity index is 1200. The predicted molar refractivity (Wildman–Crippen MR) is 116 cm³/mol. The summed E-state index contributed by atoms with van der Waals surface area (Å²) in [7, 11) is 3.68. The molecule has 3 heterocycles. The van der Waals surface area contributed by atoms with Gasteiger partial charge in [-0.3, -0.25) is 14.0 Å². The van der Waals surface area contributed by atoms with Gasteiger partial charge in [0.25, 0.3) is 0 Å². The van der Waals surface area contributed by atoms with Gasteiger partial charge in [0.15, 0.2) is 0 Å². The summed E-state index contributed by atoms with van der Waals surface area (Å²) in [5, 5.41) is 0. The normalized spacial score (nSPS) is 18.1. The molecule has 1 N–H and O–H groups in total. The Kier molecular flexibility index (Phi) is 4.51. The monoisotopic (exact) mass is 389 g/mol. The molecule has 1 saturated heterocycles. The molecule has 6 heteroatoms. The molecule has 1 unspecified atom stereocenters. The van der Waals surface area contributed by atoms with Crippen LogP contribution in [0.4, 0.5) is 0 Å². The van der Waals surface area contributed by atoms with Gasteiger partial charge in [0, 0.05) is 33.6 Å². The molecule has 1 atom stereocenters. The van der Waals surface area contributed by atoms with Crippen LogP contribution >= 0.6 is 0 Å². The summed E-state index contributed by atoms with van der Waals surface area (Å²) in [4.78, 5) is 23.0. The predicted octanol–water partition coefficient (Wildman–Crippen LogP) is 3.21. The summed E-state index contributed by atoms with van der Waals surface area (Å²) >= 11 is 0. The Morgan fingerprint density at radius 1 is 1.10 bits per heavy atom. The van der Waals surface area contributed by atoms with E-state index in [1.807, 2.05) is 26.2 Å². The van der Waals surface area contributed by atoms with Crippen molar-refractivity contribution in [3.8, 4) is 0 Å². The number of rotatable bonds is 4. The smallest absolute Gasteiger partial charge is 0.328 e. The number of H-pyrrole nitrogens is 1. The van der Waals surface area contributed by atoms with E-state index in [0.717, 1.165) is 53.9 Å². The van der Waals surface area contributed by atoms with Gasteiger partial charge in [-0.05, 0) is 55.1 Å². The van der Waals surface area contributed by atoms with Crippen molar-refractivity contribution in [2.75, 3.05) is 13.1 Å². The number of hydrogen-bond donors (Lipinski definition) is 1. The number of imidazole rings is 2. The van der Waals surface area contributed by atoms with Crippen LogP contribution in [0, 0.1) is 5.92 Å². The third-order valence-corrected chi connectivity index (χ3v) is 6.27. The number of fused-ring (bicyclic) bond motifs is 2. The third kappa shape index (κ3) is 3.38. The van der Waals surface area contributed by atoms with Crippen molar-refractivity contribution in [3.63, 3.8) is 0 Å². The molecule has 4 aromatic rings. The lowest BCUT2D eigenvalue weighted by molar-refractivity contribution is 0.166. The lowest BCUT2D eigenvalue weighted by Crippen LogP contribution is -2.35. The van der Waals surface area contributed by atoms with Crippen molar-refractivity contribution in [2.45, 2.75) is 25.8 Å². The van der Waals surface area contributed by atoms with Crippen LogP contribution in [-0.4, -0.2) is 37.1 Å². The Balaban J connectivity index is 1.30. The van der Waals surface area contributed by atoms with Crippen molar-refractivity contribution in [3.05, 3.63) is 64.3 Å². The van der Waals surface area contributed by atoms with E-state index in [0.29, 0.717) is 5.92 Å². The van der Waals surface area contributed by atoms with Crippen LogP contribution in [0.15, 0.2) is 47.3 Å². The highest BCUT2D eigenvalue weighted by atomic mass is 16.1. The number of para-hydroxylation sites is 2. The number of nitrogens with zero attached hydrogens (tertiary/aromatic N) is 4. The van der Waals surface area contributed by atoms with Crippen molar-refractivity contribution in [2.24, 2.45) is 20.0 Å². The Labute approximate surface area is 169 Å². The molecule has 1 aliphatic heterocycles. The van der Waals surface area contributed by atoms with Gasteiger partial charge in [-0.15, -0.1) is 0 Å². The molecule has 0 radical (unpaired) electrons. The molecule has 1 fully saturated rings. The van der Waals surface area contributed by atoms with Crippen LogP contribution in [0.25, 0.3) is 22.1 Å². The molecule has 150 valence electrons. The molecule has 0 saturated carbocycles. The van der Waals surface area contributed by atoms with Crippen molar-refractivity contribution in [1.82, 2.24) is 24.0 Å². The molecule has 1 aliphatic rings. The number of aromatic amines is 1. The molecule has 6 nitrogen and oxygen atoms in total. The maximum atomic E-state index is 12.2. The summed E-state index contributed by atoms with van der Waals surface area (Å²) in [6.45, 7) is 3.14. The Hall–Kier alpha value is -2.86. The second-order valence-corrected chi connectivity index (χ2v) is 8.37. The fraction of sp³-hybridized carbons (Fsp3) is 0.391. The largest absolute Gasteiger partial charge is 0.342 e. The lowest BCUT2D eigenvalue weighted by atomic mass is 9.94. The first-order chi connectivity index (χ1) is 14.1. The fourth-order valence-corrected chi connectivity index (χ4v) is 4.75. The molecule has 0 spiro atoms. The van der Waals surface area contributed by atoms with E-state index in [2.05, 4.69) is 40.2 Å². The van der Waals surface area contributed by atoms with Gasteiger partial charge in [-0.1, -0.05) is 18.2 Å². The number of nitrogens with one attached hydrogen (secondary N) is 1. The average molecular weight is 390 g/mol. The first kappa shape index (κ1) is 18.2. The number of likely N-dealkylation sites (tertiary alicyclic amines) is 1. The van der Waals surface area contributed by atoms with E-state index in [9.17, 15) is 4.79 Å². The van der Waals surface area contributed by atoms with E-state index >= 15 is 0 Å². The maximum Gasteiger partial charge on any atom is 0.328 e. The summed E-state index contributed by atoms with van der Waals surface area (Å²) in [6, 6.07) is 14.6. The minimum absolute atomic E-state index is 0.0287. The Morgan fingerprint density at radius 3 is 2.79 bits per heavy atom. The van der Waals surface area contributed by atoms with Crippen LogP contribution in [0.5, 0.6) is 0 Å². The van der Waals surface area contributed by atoms with Crippen molar-refractivity contribution in [1.29, 1.82) is 0 Å². The molecule has 2 aromatic heterocycles. The van der Waals surface area contributed by atoms with Gasteiger partial charge < -0.3 is 4.98 Å². The number of benzene rings is 2. The van der Waals surface area contributed by atoms with E-state index in [-0.39, 0.29) is 5.69 Å². The fourth-order valence-electron chi connectivity index (χ4n) is 4.75. The van der Waals surface area contributed by atoms with Crippen LogP contribution in [0.1, 0.15) is 24.2 Å². The Morgan fingerprint density at radius 2 is 1.93 bits per heavy atom. The van der Waals surface area contributed by atoms with Crippen LogP contribution < -0.4 is 5.69 Å². The molecule has 0 aliphatic carbocycles. The number of hydrogen-bond acceptors (Lipinski definition) is 3. The first-order valence-electron chi connectivity index (χ1n) is 10.4. The minimum Gasteiger partial charge on any atom is -0.342 e. The molecule has 5 rings (SSSR count). The van der Waals surface area contributed by atoms with Crippen molar-refractivity contribution < 1.29 is 0 Å². The van der Waals surface area contributed by atoms with E-state index in [4.69, 9.17) is 4.98 Å². The average Bonchev–Trinajstić information content (AvgIpc) is 3.22. The highest BCUT2D eigenvalue weighted by molar-refractivity contribution is 5.77. The van der Waals surface area contributed by atoms with E-state index in [1.165, 1.54) is 18.4 Å². The summed E-state index contributed by atoms with van der Waals surface area (Å²) in [5.41, 5.74) is 5.46. The highest BCUT2D eigenvalue weighted by Gasteiger charge is 2.22. The SMILES string of the molecule is Cn1c(=O)n(C)c2cc(CN3CCCC(Cc4nc5ccccc5[nH]4)C3)ccc21. The molecule has 29 heavy (non-hydrogen) atoms. The van der Waals surface area contributed by atoms with Crippen LogP contribution in [0.2, 0.25) is 0 Å². The van der Waals surface area contributed by atoms with Crippen LogP contribution in [0.3, 0.4) is 0 Å². The van der Waals surface area contributed by atoms with E-state index < -0.39 is 0 Å². The standard InChI is InChI=1S/C23H27N5O/c1-26-20-10-9-17(12-21(20)27(2)23(26)29)15-28-11-5-6-16(14-28)13-22-24-18-7-3-4-8-19(18)25-22/h3-4,7-10,12,16H,5-6,11,13-15H2,1-2H3,(H,24,25). The molecule has 0 bridgehead atoms. The van der Waals surface area contributed by atoms with Gasteiger partial charge in [0.05, 0.1) is 22.1 Å². The number of aromatic nitrogens is 4. The van der Waals surface area contributed by atoms with Gasteiger partial charge in [-0.2, -0.15) is 0 Å². The zero-order chi connectivity index (χ0) is 20.0. The second-order valence-electron chi connectivity index (χ2n) is 8.37. The zero-order valence-electron chi connectivity index (χ0n) is 17.1. The quantitative estimate of drug-likeness (QED) is 0.583. The topological polar surface area (TPSA) is 58.9 Å². The van der Waals surface area contributed by atoms with E-state index in [1.54, 1.807) is 9.13 Å². The van der Waals surface area contributed by atoms with Gasteiger partial charge >= 0.3 is 5.69 Å². The number of aryl methyl sites for hydroxylation is 2. The minimum atomic E-state index is 0.0287. The third-order valence-electron chi connectivity index (χ3n) is 6.27.